The average Bonchev–Trinajstić information content (AvgIpc) is 3.60. The van der Waals surface area contributed by atoms with Crippen molar-refractivity contribution < 1.29 is 9.59 Å². The van der Waals surface area contributed by atoms with Crippen molar-refractivity contribution in [1.29, 1.82) is 0 Å². The number of para-hydroxylation sites is 1. The minimum Gasteiger partial charge on any atom is -0.376 e. The maximum atomic E-state index is 14.1. The zero-order valence-corrected chi connectivity index (χ0v) is 19.8. The molecule has 0 spiro atoms. The molecule has 5 atom stereocenters. The summed E-state index contributed by atoms with van der Waals surface area (Å²) in [5.41, 5.74) is 4.11. The highest BCUT2D eigenvalue weighted by Crippen LogP contribution is 2.51. The lowest BCUT2D eigenvalue weighted by Crippen LogP contribution is -2.50. The summed E-state index contributed by atoms with van der Waals surface area (Å²) >= 11 is 0. The Morgan fingerprint density at radius 1 is 0.886 bits per heavy atom. The molecule has 6 heteroatoms. The molecular weight excluding hydrogens is 436 g/mol. The van der Waals surface area contributed by atoms with Gasteiger partial charge in [-0.15, -0.1) is 0 Å². The number of aromatic amines is 1. The lowest BCUT2D eigenvalue weighted by atomic mass is 9.80. The number of anilines is 1. The highest BCUT2D eigenvalue weighted by molar-refractivity contribution is 5.94. The van der Waals surface area contributed by atoms with Gasteiger partial charge in [0.25, 0.3) is 5.91 Å². The second kappa shape index (κ2) is 9.25. The summed E-state index contributed by atoms with van der Waals surface area (Å²) in [5.74, 6) is 0.223. The lowest BCUT2D eigenvalue weighted by Gasteiger charge is -2.41. The monoisotopic (exact) mass is 468 g/mol. The Bertz CT molecular complexity index is 1190. The molecule has 2 aromatic carbocycles. The quantitative estimate of drug-likeness (QED) is 0.501. The normalized spacial score (nSPS) is 27.4. The number of hydrogen-bond acceptors (Lipinski definition) is 3. The number of rotatable bonds is 4. The second-order valence-electron chi connectivity index (χ2n) is 10.1. The topological polar surface area (TPSA) is 77.2 Å². The van der Waals surface area contributed by atoms with Gasteiger partial charge in [-0.3, -0.25) is 9.59 Å². The van der Waals surface area contributed by atoms with Crippen LogP contribution in [0.15, 0.2) is 72.9 Å². The number of aromatic nitrogens is 1. The number of carbonyl (C=O) groups excluding carboxylic acids is 2. The fourth-order valence-electron chi connectivity index (χ4n) is 6.47. The molecule has 0 bridgehead atoms. The first-order chi connectivity index (χ1) is 17.2. The number of nitrogens with one attached hydrogen (secondary N) is 3. The van der Waals surface area contributed by atoms with Crippen LogP contribution in [-0.2, 0) is 4.79 Å². The number of nitrogens with zero attached hydrogens (tertiary/aromatic N) is 1. The lowest BCUT2D eigenvalue weighted by molar-refractivity contribution is -0.138. The first kappa shape index (κ1) is 22.0. The van der Waals surface area contributed by atoms with Crippen LogP contribution in [0.5, 0.6) is 0 Å². The summed E-state index contributed by atoms with van der Waals surface area (Å²) in [7, 11) is 0. The molecule has 3 aromatic rings. The summed E-state index contributed by atoms with van der Waals surface area (Å²) in [6.07, 6.45) is 6.66. The van der Waals surface area contributed by atoms with Crippen molar-refractivity contribution >= 4 is 17.5 Å². The van der Waals surface area contributed by atoms with Gasteiger partial charge in [-0.2, -0.15) is 0 Å². The van der Waals surface area contributed by atoms with Crippen LogP contribution in [-0.4, -0.2) is 34.3 Å². The van der Waals surface area contributed by atoms with Crippen LogP contribution in [0.2, 0.25) is 0 Å². The molecule has 6 nitrogen and oxygen atoms in total. The van der Waals surface area contributed by atoms with Crippen molar-refractivity contribution in [3.05, 3.63) is 89.7 Å². The van der Waals surface area contributed by atoms with Gasteiger partial charge < -0.3 is 20.5 Å². The van der Waals surface area contributed by atoms with E-state index in [1.807, 2.05) is 42.6 Å². The van der Waals surface area contributed by atoms with Gasteiger partial charge in [-0.05, 0) is 55.2 Å². The molecule has 2 aliphatic heterocycles. The number of H-pyrrole nitrogens is 1. The van der Waals surface area contributed by atoms with E-state index in [-0.39, 0.29) is 35.9 Å². The number of amides is 2. The standard InChI is InChI=1S/C29H32N4O2/c34-28(19-9-2-1-3-10-19)32-24-14-7-5-12-21(24)29(35)33-18-16-22-26(25-15-8-17-30-25)31-23-13-6-4-11-20(23)27(22)33/h1-4,6,8-11,13,15,17,21-22,24,26-27,30-31H,5,7,12,14,16,18H2,(H,32,34)/t21-,22-,24+,26?,27+/m0/s1. The largest absolute Gasteiger partial charge is 0.376 e. The van der Waals surface area contributed by atoms with Crippen LogP contribution in [0.3, 0.4) is 0 Å². The molecule has 1 unspecified atom stereocenters. The molecular formula is C29H32N4O2. The molecule has 6 rings (SSSR count). The minimum atomic E-state index is -0.179. The first-order valence-corrected chi connectivity index (χ1v) is 12.9. The van der Waals surface area contributed by atoms with Crippen LogP contribution >= 0.6 is 0 Å². The number of hydrogen-bond donors (Lipinski definition) is 3. The van der Waals surface area contributed by atoms with Gasteiger partial charge in [-0.25, -0.2) is 0 Å². The van der Waals surface area contributed by atoms with E-state index in [4.69, 9.17) is 0 Å². The molecule has 1 saturated carbocycles. The van der Waals surface area contributed by atoms with Gasteiger partial charge in [0.1, 0.15) is 0 Å². The number of carbonyl (C=O) groups is 2. The molecule has 3 heterocycles. The molecule has 0 radical (unpaired) electrons. The second-order valence-corrected chi connectivity index (χ2v) is 10.1. The van der Waals surface area contributed by atoms with E-state index in [0.29, 0.717) is 11.5 Å². The molecule has 3 N–H and O–H groups in total. The van der Waals surface area contributed by atoms with E-state index in [1.54, 1.807) is 0 Å². The van der Waals surface area contributed by atoms with Gasteiger partial charge in [0.2, 0.25) is 5.91 Å². The fraction of sp³-hybridized carbons (Fsp3) is 0.379. The zero-order valence-electron chi connectivity index (χ0n) is 19.8. The van der Waals surface area contributed by atoms with Crippen LogP contribution in [0.1, 0.15) is 65.8 Å². The summed E-state index contributed by atoms with van der Waals surface area (Å²) in [5, 5.41) is 6.94. The third kappa shape index (κ3) is 4.01. The number of likely N-dealkylation sites (tertiary alicyclic amines) is 1. The van der Waals surface area contributed by atoms with Crippen LogP contribution < -0.4 is 10.6 Å². The number of benzene rings is 2. The molecule has 2 fully saturated rings. The predicted molar refractivity (Wildman–Crippen MR) is 136 cm³/mol. The molecule has 35 heavy (non-hydrogen) atoms. The summed E-state index contributed by atoms with van der Waals surface area (Å²) in [4.78, 5) is 32.6. The van der Waals surface area contributed by atoms with Crippen molar-refractivity contribution in [3.63, 3.8) is 0 Å². The highest BCUT2D eigenvalue weighted by atomic mass is 16.2. The third-order valence-corrected chi connectivity index (χ3v) is 8.14. The van der Waals surface area contributed by atoms with Crippen molar-refractivity contribution in [2.24, 2.45) is 11.8 Å². The minimum absolute atomic E-state index is 0.0423. The maximum Gasteiger partial charge on any atom is 0.251 e. The fourth-order valence-corrected chi connectivity index (χ4v) is 6.47. The van der Waals surface area contributed by atoms with Crippen LogP contribution in [0, 0.1) is 11.8 Å². The van der Waals surface area contributed by atoms with Gasteiger partial charge >= 0.3 is 0 Å². The van der Waals surface area contributed by atoms with Gasteiger partial charge in [-0.1, -0.05) is 49.2 Å². The molecule has 180 valence electrons. The predicted octanol–water partition coefficient (Wildman–Crippen LogP) is 5.06. The molecule has 1 aromatic heterocycles. The number of fused-ring (bicyclic) bond motifs is 3. The summed E-state index contributed by atoms with van der Waals surface area (Å²) in [6, 6.07) is 21.9. The molecule has 2 amide bonds. The Morgan fingerprint density at radius 2 is 1.69 bits per heavy atom. The van der Waals surface area contributed by atoms with Crippen molar-refractivity contribution in [3.8, 4) is 0 Å². The van der Waals surface area contributed by atoms with Crippen molar-refractivity contribution in [1.82, 2.24) is 15.2 Å². The van der Waals surface area contributed by atoms with E-state index in [9.17, 15) is 9.59 Å². The van der Waals surface area contributed by atoms with Crippen molar-refractivity contribution in [2.75, 3.05) is 11.9 Å². The Labute approximate surface area is 206 Å². The van der Waals surface area contributed by atoms with Crippen LogP contribution in [0.4, 0.5) is 5.69 Å². The molecule has 1 saturated heterocycles. The SMILES string of the molecule is O=C(N[C@@H]1CCCC[C@@H]1C(=O)N1CC[C@H]2C(c3ccc[nH]3)Nc3ccccc3[C@H]21)c1ccccc1. The van der Waals surface area contributed by atoms with E-state index >= 15 is 0 Å². The third-order valence-electron chi connectivity index (χ3n) is 8.14. The van der Waals surface area contributed by atoms with Crippen LogP contribution in [0.25, 0.3) is 0 Å². The summed E-state index contributed by atoms with van der Waals surface area (Å²) < 4.78 is 0. The van der Waals surface area contributed by atoms with Crippen molar-refractivity contribution in [2.45, 2.75) is 50.2 Å². The zero-order chi connectivity index (χ0) is 23.8. The average molecular weight is 469 g/mol. The summed E-state index contributed by atoms with van der Waals surface area (Å²) in [6.45, 7) is 0.747. The molecule has 1 aliphatic carbocycles. The first-order valence-electron chi connectivity index (χ1n) is 12.9. The Kier molecular flexibility index (Phi) is 5.80. The highest BCUT2D eigenvalue weighted by Gasteiger charge is 2.48. The maximum absolute atomic E-state index is 14.1. The van der Waals surface area contributed by atoms with E-state index < -0.39 is 0 Å². The van der Waals surface area contributed by atoms with E-state index in [2.05, 4.69) is 50.8 Å². The van der Waals surface area contributed by atoms with Gasteiger partial charge in [0.15, 0.2) is 0 Å². The Balaban J connectivity index is 1.27. The van der Waals surface area contributed by atoms with E-state index in [0.717, 1.165) is 50.0 Å². The van der Waals surface area contributed by atoms with Gasteiger partial charge in [0, 0.05) is 41.6 Å². The smallest absolute Gasteiger partial charge is 0.251 e. The Morgan fingerprint density at radius 3 is 2.51 bits per heavy atom. The Hall–Kier alpha value is -3.54. The van der Waals surface area contributed by atoms with E-state index in [1.165, 1.54) is 5.56 Å². The van der Waals surface area contributed by atoms with Gasteiger partial charge in [0.05, 0.1) is 18.0 Å². The molecule has 3 aliphatic rings.